The van der Waals surface area contributed by atoms with E-state index in [1.54, 1.807) is 7.11 Å². The number of methoxy groups -OCH3 is 1. The van der Waals surface area contributed by atoms with Crippen LogP contribution in [0, 0.1) is 0 Å². The molecule has 0 spiro atoms. The van der Waals surface area contributed by atoms with Crippen molar-refractivity contribution >= 4 is 11.6 Å². The Hall–Kier alpha value is -2.57. The number of hydrogen-bond donors (Lipinski definition) is 2. The maximum atomic E-state index is 11.4. The third kappa shape index (κ3) is 5.38. The molecule has 6 heteroatoms. The molecule has 2 N–H and O–H groups in total. The van der Waals surface area contributed by atoms with Crippen molar-refractivity contribution in [2.75, 3.05) is 44.7 Å². The van der Waals surface area contributed by atoms with Gasteiger partial charge in [-0.3, -0.25) is 9.69 Å². The van der Waals surface area contributed by atoms with Crippen molar-refractivity contribution in [2.24, 2.45) is 0 Å². The summed E-state index contributed by atoms with van der Waals surface area (Å²) in [5.41, 5.74) is 3.24. The fraction of sp³-hybridized carbons (Fsp3) is 0.480. The summed E-state index contributed by atoms with van der Waals surface area (Å²) in [5.74, 6) is 1.05. The molecule has 2 aromatic rings. The van der Waals surface area contributed by atoms with Crippen LogP contribution in [-0.2, 0) is 4.79 Å². The largest absolute Gasteiger partial charge is 0.495 e. The van der Waals surface area contributed by atoms with Crippen molar-refractivity contribution in [3.8, 4) is 5.75 Å². The first-order valence-electron chi connectivity index (χ1n) is 11.3. The Morgan fingerprint density at radius 1 is 1.10 bits per heavy atom. The third-order valence-corrected chi connectivity index (χ3v) is 6.47. The molecule has 2 aliphatic rings. The molecule has 0 radical (unpaired) electrons. The molecule has 2 fully saturated rings. The predicted octanol–water partition coefficient (Wildman–Crippen LogP) is 3.28. The van der Waals surface area contributed by atoms with E-state index in [1.807, 2.05) is 36.4 Å². The van der Waals surface area contributed by atoms with Gasteiger partial charge in [-0.25, -0.2) is 0 Å². The van der Waals surface area contributed by atoms with E-state index in [4.69, 9.17) is 4.74 Å². The second-order valence-corrected chi connectivity index (χ2v) is 8.48. The zero-order valence-corrected chi connectivity index (χ0v) is 18.3. The molecule has 2 heterocycles. The van der Waals surface area contributed by atoms with E-state index in [-0.39, 0.29) is 11.9 Å². The highest BCUT2D eigenvalue weighted by Crippen LogP contribution is 2.29. The number of rotatable bonds is 8. The van der Waals surface area contributed by atoms with Gasteiger partial charge in [-0.15, -0.1) is 0 Å². The molecule has 0 aliphatic carbocycles. The van der Waals surface area contributed by atoms with E-state index in [2.05, 4.69) is 27.2 Å². The SMILES string of the molecule is COc1ccccc1N1CCN(CCCC(O)c2ccc(C3CCC(=O)N3)cc2)CC1. The van der Waals surface area contributed by atoms with E-state index >= 15 is 0 Å². The minimum atomic E-state index is -0.443. The van der Waals surface area contributed by atoms with Crippen molar-refractivity contribution in [3.63, 3.8) is 0 Å². The Morgan fingerprint density at radius 2 is 1.84 bits per heavy atom. The summed E-state index contributed by atoms with van der Waals surface area (Å²) in [5, 5.41) is 13.6. The summed E-state index contributed by atoms with van der Waals surface area (Å²) in [4.78, 5) is 16.3. The van der Waals surface area contributed by atoms with Crippen LogP contribution < -0.4 is 15.0 Å². The first-order valence-corrected chi connectivity index (χ1v) is 11.3. The van der Waals surface area contributed by atoms with Crippen LogP contribution in [0.2, 0.25) is 0 Å². The van der Waals surface area contributed by atoms with Gasteiger partial charge >= 0.3 is 0 Å². The molecule has 4 rings (SSSR count). The van der Waals surface area contributed by atoms with Gasteiger partial charge in [-0.1, -0.05) is 36.4 Å². The summed E-state index contributed by atoms with van der Waals surface area (Å²) < 4.78 is 5.50. The molecular weight excluding hydrogens is 390 g/mol. The summed E-state index contributed by atoms with van der Waals surface area (Å²) >= 11 is 0. The standard InChI is InChI=1S/C25H33N3O3/c1-31-24-7-3-2-5-22(24)28-17-15-27(16-18-28)14-4-6-23(29)20-10-8-19(9-11-20)21-12-13-25(30)26-21/h2-3,5,7-11,21,23,29H,4,6,12-18H2,1H3,(H,26,30). The predicted molar refractivity (Wildman–Crippen MR) is 122 cm³/mol. The maximum absolute atomic E-state index is 11.4. The van der Waals surface area contributed by atoms with Gasteiger partial charge < -0.3 is 20.1 Å². The average molecular weight is 424 g/mol. The second kappa shape index (κ2) is 10.2. The number of amides is 1. The lowest BCUT2D eigenvalue weighted by Gasteiger charge is -2.36. The zero-order chi connectivity index (χ0) is 21.6. The lowest BCUT2D eigenvalue weighted by molar-refractivity contribution is -0.119. The highest BCUT2D eigenvalue weighted by atomic mass is 16.5. The molecule has 0 saturated carbocycles. The topological polar surface area (TPSA) is 65.0 Å². The van der Waals surface area contributed by atoms with Crippen molar-refractivity contribution in [3.05, 3.63) is 59.7 Å². The van der Waals surface area contributed by atoms with Gasteiger partial charge in [0, 0.05) is 32.6 Å². The normalized spacial score (nSPS) is 20.5. The van der Waals surface area contributed by atoms with E-state index < -0.39 is 6.10 Å². The first-order chi connectivity index (χ1) is 15.1. The van der Waals surface area contributed by atoms with Gasteiger partial charge in [0.15, 0.2) is 0 Å². The third-order valence-electron chi connectivity index (χ3n) is 6.47. The molecule has 0 aromatic heterocycles. The molecule has 2 unspecified atom stereocenters. The molecule has 2 saturated heterocycles. The maximum Gasteiger partial charge on any atom is 0.220 e. The van der Waals surface area contributed by atoms with Gasteiger partial charge in [0.05, 0.1) is 24.9 Å². The molecular formula is C25H33N3O3. The number of anilines is 1. The fourth-order valence-corrected chi connectivity index (χ4v) is 4.59. The molecule has 2 atom stereocenters. The lowest BCUT2D eigenvalue weighted by atomic mass is 9.99. The number of para-hydroxylation sites is 2. The van der Waals surface area contributed by atoms with Crippen molar-refractivity contribution in [1.82, 2.24) is 10.2 Å². The smallest absolute Gasteiger partial charge is 0.220 e. The number of nitrogens with zero attached hydrogens (tertiary/aromatic N) is 2. The number of aliphatic hydroxyl groups excluding tert-OH is 1. The van der Waals surface area contributed by atoms with Gasteiger partial charge in [-0.05, 0) is 49.1 Å². The number of nitrogens with one attached hydrogen (secondary N) is 1. The molecule has 6 nitrogen and oxygen atoms in total. The van der Waals surface area contributed by atoms with Crippen LogP contribution in [0.5, 0.6) is 5.75 Å². The Bertz CT molecular complexity index is 863. The minimum absolute atomic E-state index is 0.119. The van der Waals surface area contributed by atoms with Crippen molar-refractivity contribution in [1.29, 1.82) is 0 Å². The van der Waals surface area contributed by atoms with Crippen LogP contribution in [0.3, 0.4) is 0 Å². The number of aliphatic hydroxyl groups is 1. The fourth-order valence-electron chi connectivity index (χ4n) is 4.59. The second-order valence-electron chi connectivity index (χ2n) is 8.48. The first kappa shape index (κ1) is 21.7. The summed E-state index contributed by atoms with van der Waals surface area (Å²) in [7, 11) is 1.72. The molecule has 31 heavy (non-hydrogen) atoms. The number of hydrogen-bond acceptors (Lipinski definition) is 5. The van der Waals surface area contributed by atoms with E-state index in [9.17, 15) is 9.90 Å². The van der Waals surface area contributed by atoms with Crippen LogP contribution in [0.4, 0.5) is 5.69 Å². The van der Waals surface area contributed by atoms with Crippen molar-refractivity contribution in [2.45, 2.75) is 37.8 Å². The number of carbonyl (C=O) groups excluding carboxylic acids is 1. The summed E-state index contributed by atoms with van der Waals surface area (Å²) in [6.45, 7) is 5.03. The average Bonchev–Trinajstić information content (AvgIpc) is 3.26. The molecule has 166 valence electrons. The Balaban J connectivity index is 1.20. The minimum Gasteiger partial charge on any atom is -0.495 e. The number of piperazine rings is 1. The van der Waals surface area contributed by atoms with Gasteiger partial charge in [0.25, 0.3) is 0 Å². The molecule has 1 amide bonds. The summed E-state index contributed by atoms with van der Waals surface area (Å²) in [6, 6.07) is 16.4. The van der Waals surface area contributed by atoms with Crippen LogP contribution in [0.1, 0.15) is 49.0 Å². The molecule has 0 bridgehead atoms. The van der Waals surface area contributed by atoms with E-state index in [0.29, 0.717) is 6.42 Å². The number of ether oxygens (including phenoxy) is 1. The van der Waals surface area contributed by atoms with Crippen LogP contribution in [0.15, 0.2) is 48.5 Å². The van der Waals surface area contributed by atoms with E-state index in [1.165, 1.54) is 5.69 Å². The monoisotopic (exact) mass is 423 g/mol. The van der Waals surface area contributed by atoms with Gasteiger partial charge in [0.2, 0.25) is 5.91 Å². The van der Waals surface area contributed by atoms with Crippen LogP contribution in [0.25, 0.3) is 0 Å². The quantitative estimate of drug-likeness (QED) is 0.682. The zero-order valence-electron chi connectivity index (χ0n) is 18.3. The highest BCUT2D eigenvalue weighted by molar-refractivity contribution is 5.78. The molecule has 2 aromatic carbocycles. The Morgan fingerprint density at radius 3 is 2.52 bits per heavy atom. The highest BCUT2D eigenvalue weighted by Gasteiger charge is 2.22. The van der Waals surface area contributed by atoms with Crippen LogP contribution >= 0.6 is 0 Å². The number of benzene rings is 2. The summed E-state index contributed by atoms with van der Waals surface area (Å²) in [6.07, 6.45) is 2.73. The van der Waals surface area contributed by atoms with Gasteiger partial charge in [0.1, 0.15) is 5.75 Å². The lowest BCUT2D eigenvalue weighted by Crippen LogP contribution is -2.46. The number of carbonyl (C=O) groups is 1. The van der Waals surface area contributed by atoms with Gasteiger partial charge in [-0.2, -0.15) is 0 Å². The Labute approximate surface area is 184 Å². The van der Waals surface area contributed by atoms with Crippen molar-refractivity contribution < 1.29 is 14.6 Å². The van der Waals surface area contributed by atoms with E-state index in [0.717, 1.165) is 68.9 Å². The van der Waals surface area contributed by atoms with Crippen LogP contribution in [-0.4, -0.2) is 55.7 Å². The molecule has 2 aliphatic heterocycles. The Kier molecular flexibility index (Phi) is 7.10.